The number of benzene rings is 1. The van der Waals surface area contributed by atoms with Crippen LogP contribution in [0.1, 0.15) is 45.6 Å². The number of ether oxygens (including phenoxy) is 1. The lowest BCUT2D eigenvalue weighted by molar-refractivity contribution is 0.112. The Hall–Kier alpha value is -0.730. The first kappa shape index (κ1) is 16.6. The standard InChI is InChI=1S/C18H28ClNO/c1-12-5-7-15(16(20)9-12)18(2,3)11-13-10-14(19)6-8-17(13)21-4/h6,8,10,12,15-16H,5,7,9,11,20H2,1-4H3. The number of hydrogen-bond donors (Lipinski definition) is 1. The first-order valence-corrected chi connectivity index (χ1v) is 8.29. The van der Waals surface area contributed by atoms with Crippen LogP contribution >= 0.6 is 11.6 Å². The highest BCUT2D eigenvalue weighted by molar-refractivity contribution is 6.30. The zero-order chi connectivity index (χ0) is 15.6. The summed E-state index contributed by atoms with van der Waals surface area (Å²) in [5, 5.41) is 0.767. The average Bonchev–Trinajstić information content (AvgIpc) is 2.37. The summed E-state index contributed by atoms with van der Waals surface area (Å²) < 4.78 is 5.49. The highest BCUT2D eigenvalue weighted by Crippen LogP contribution is 2.43. The Morgan fingerprint density at radius 1 is 1.33 bits per heavy atom. The van der Waals surface area contributed by atoms with Gasteiger partial charge < -0.3 is 10.5 Å². The molecule has 1 aromatic rings. The van der Waals surface area contributed by atoms with E-state index in [1.165, 1.54) is 18.4 Å². The first-order chi connectivity index (χ1) is 9.83. The lowest BCUT2D eigenvalue weighted by atomic mass is 9.64. The van der Waals surface area contributed by atoms with E-state index in [1.54, 1.807) is 7.11 Å². The van der Waals surface area contributed by atoms with Crippen LogP contribution in [0.2, 0.25) is 5.02 Å². The molecule has 2 N–H and O–H groups in total. The van der Waals surface area contributed by atoms with Gasteiger partial charge in [-0.05, 0) is 60.3 Å². The van der Waals surface area contributed by atoms with Crippen molar-refractivity contribution in [1.29, 1.82) is 0 Å². The Labute approximate surface area is 134 Å². The van der Waals surface area contributed by atoms with E-state index in [0.29, 0.717) is 12.0 Å². The highest BCUT2D eigenvalue weighted by Gasteiger charge is 2.37. The SMILES string of the molecule is COc1ccc(Cl)cc1CC(C)(C)C1CCC(C)CC1N. The van der Waals surface area contributed by atoms with Crippen molar-refractivity contribution in [2.45, 2.75) is 52.5 Å². The van der Waals surface area contributed by atoms with Crippen LogP contribution in [-0.2, 0) is 6.42 Å². The van der Waals surface area contributed by atoms with Gasteiger partial charge in [0.25, 0.3) is 0 Å². The average molecular weight is 310 g/mol. The van der Waals surface area contributed by atoms with Crippen LogP contribution in [0, 0.1) is 17.3 Å². The normalized spacial score (nSPS) is 26.7. The van der Waals surface area contributed by atoms with Crippen LogP contribution in [0.4, 0.5) is 0 Å². The van der Waals surface area contributed by atoms with Crippen molar-refractivity contribution in [3.05, 3.63) is 28.8 Å². The van der Waals surface area contributed by atoms with Crippen molar-refractivity contribution in [3.63, 3.8) is 0 Å². The molecule has 2 nitrogen and oxygen atoms in total. The summed E-state index contributed by atoms with van der Waals surface area (Å²) in [6, 6.07) is 6.16. The van der Waals surface area contributed by atoms with E-state index in [4.69, 9.17) is 22.1 Å². The molecule has 0 bridgehead atoms. The maximum atomic E-state index is 6.45. The summed E-state index contributed by atoms with van der Waals surface area (Å²) in [6.45, 7) is 6.96. The van der Waals surface area contributed by atoms with Crippen LogP contribution in [0.25, 0.3) is 0 Å². The second-order valence-electron chi connectivity index (χ2n) is 7.31. The Kier molecular flexibility index (Phi) is 5.21. The van der Waals surface area contributed by atoms with Crippen LogP contribution in [0.3, 0.4) is 0 Å². The zero-order valence-electron chi connectivity index (χ0n) is 13.7. The number of methoxy groups -OCH3 is 1. The Bertz CT molecular complexity index is 486. The van der Waals surface area contributed by atoms with Gasteiger partial charge in [-0.2, -0.15) is 0 Å². The van der Waals surface area contributed by atoms with Crippen molar-refractivity contribution in [2.75, 3.05) is 7.11 Å². The van der Waals surface area contributed by atoms with E-state index in [0.717, 1.165) is 29.5 Å². The minimum absolute atomic E-state index is 0.150. The second kappa shape index (κ2) is 6.58. The number of halogens is 1. The predicted octanol–water partition coefficient (Wildman–Crippen LogP) is 4.68. The molecular weight excluding hydrogens is 282 g/mol. The topological polar surface area (TPSA) is 35.2 Å². The lowest BCUT2D eigenvalue weighted by Crippen LogP contribution is -2.44. The van der Waals surface area contributed by atoms with Crippen LogP contribution in [0.5, 0.6) is 5.75 Å². The molecule has 0 radical (unpaired) electrons. The van der Waals surface area contributed by atoms with Crippen molar-refractivity contribution in [3.8, 4) is 5.75 Å². The molecule has 0 aromatic heterocycles. The van der Waals surface area contributed by atoms with E-state index >= 15 is 0 Å². The van der Waals surface area contributed by atoms with Gasteiger partial charge in [0.05, 0.1) is 7.11 Å². The molecule has 1 saturated carbocycles. The van der Waals surface area contributed by atoms with Crippen molar-refractivity contribution in [2.24, 2.45) is 23.0 Å². The number of nitrogens with two attached hydrogens (primary N) is 1. The number of rotatable bonds is 4. The van der Waals surface area contributed by atoms with Gasteiger partial charge in [0, 0.05) is 11.1 Å². The Balaban J connectivity index is 2.19. The molecule has 3 heteroatoms. The maximum Gasteiger partial charge on any atom is 0.122 e. The molecule has 1 aliphatic carbocycles. The number of hydrogen-bond acceptors (Lipinski definition) is 2. The largest absolute Gasteiger partial charge is 0.496 e. The third-order valence-electron chi connectivity index (χ3n) is 5.05. The van der Waals surface area contributed by atoms with Gasteiger partial charge in [-0.3, -0.25) is 0 Å². The molecule has 0 spiro atoms. The van der Waals surface area contributed by atoms with Gasteiger partial charge in [0.2, 0.25) is 0 Å². The molecule has 0 aliphatic heterocycles. The van der Waals surface area contributed by atoms with Crippen LogP contribution in [0.15, 0.2) is 18.2 Å². The molecule has 2 rings (SSSR count). The smallest absolute Gasteiger partial charge is 0.122 e. The molecule has 0 heterocycles. The quantitative estimate of drug-likeness (QED) is 0.876. The summed E-state index contributed by atoms with van der Waals surface area (Å²) in [6.07, 6.45) is 4.59. The van der Waals surface area contributed by atoms with Gasteiger partial charge in [-0.25, -0.2) is 0 Å². The lowest BCUT2D eigenvalue weighted by Gasteiger charge is -2.43. The Morgan fingerprint density at radius 3 is 2.67 bits per heavy atom. The summed E-state index contributed by atoms with van der Waals surface area (Å²) >= 11 is 6.16. The molecule has 0 saturated heterocycles. The van der Waals surface area contributed by atoms with Crippen molar-refractivity contribution in [1.82, 2.24) is 0 Å². The third-order valence-corrected chi connectivity index (χ3v) is 5.29. The molecule has 118 valence electrons. The monoisotopic (exact) mass is 309 g/mol. The van der Waals surface area contributed by atoms with Gasteiger partial charge in [0.1, 0.15) is 5.75 Å². The predicted molar refractivity (Wildman–Crippen MR) is 90.0 cm³/mol. The molecule has 0 amide bonds. The van der Waals surface area contributed by atoms with E-state index in [-0.39, 0.29) is 5.41 Å². The summed E-state index contributed by atoms with van der Waals surface area (Å²) in [5.41, 5.74) is 7.78. The fourth-order valence-electron chi connectivity index (χ4n) is 3.90. The Morgan fingerprint density at radius 2 is 2.05 bits per heavy atom. The first-order valence-electron chi connectivity index (χ1n) is 7.91. The van der Waals surface area contributed by atoms with Gasteiger partial charge in [-0.1, -0.05) is 38.8 Å². The van der Waals surface area contributed by atoms with Gasteiger partial charge in [0.15, 0.2) is 0 Å². The van der Waals surface area contributed by atoms with Crippen LogP contribution < -0.4 is 10.5 Å². The summed E-state index contributed by atoms with van der Waals surface area (Å²) in [5.74, 6) is 2.23. The molecule has 21 heavy (non-hydrogen) atoms. The molecule has 3 unspecified atom stereocenters. The van der Waals surface area contributed by atoms with Crippen molar-refractivity contribution < 1.29 is 4.74 Å². The van der Waals surface area contributed by atoms with E-state index in [1.807, 2.05) is 18.2 Å². The minimum Gasteiger partial charge on any atom is -0.496 e. The molecule has 3 atom stereocenters. The van der Waals surface area contributed by atoms with E-state index < -0.39 is 0 Å². The molecular formula is C18H28ClNO. The van der Waals surface area contributed by atoms with Gasteiger partial charge >= 0.3 is 0 Å². The van der Waals surface area contributed by atoms with E-state index in [9.17, 15) is 0 Å². The second-order valence-corrected chi connectivity index (χ2v) is 7.75. The molecule has 1 aromatic carbocycles. The zero-order valence-corrected chi connectivity index (χ0v) is 14.4. The summed E-state index contributed by atoms with van der Waals surface area (Å²) in [4.78, 5) is 0. The third kappa shape index (κ3) is 3.92. The van der Waals surface area contributed by atoms with Crippen LogP contribution in [-0.4, -0.2) is 13.2 Å². The summed E-state index contributed by atoms with van der Waals surface area (Å²) in [7, 11) is 1.72. The minimum atomic E-state index is 0.150. The van der Waals surface area contributed by atoms with Gasteiger partial charge in [-0.15, -0.1) is 0 Å². The fourth-order valence-corrected chi connectivity index (χ4v) is 4.10. The molecule has 1 aliphatic rings. The van der Waals surface area contributed by atoms with E-state index in [2.05, 4.69) is 20.8 Å². The molecule has 1 fully saturated rings. The van der Waals surface area contributed by atoms with Crippen molar-refractivity contribution >= 4 is 11.6 Å². The maximum absolute atomic E-state index is 6.45. The fraction of sp³-hybridized carbons (Fsp3) is 0.667. The highest BCUT2D eigenvalue weighted by atomic mass is 35.5.